The summed E-state index contributed by atoms with van der Waals surface area (Å²) >= 11 is 0. The van der Waals surface area contributed by atoms with Crippen LogP contribution in [0.25, 0.3) is 22.6 Å². The molecule has 0 bridgehead atoms. The van der Waals surface area contributed by atoms with Crippen molar-refractivity contribution in [1.82, 2.24) is 4.57 Å². The Morgan fingerprint density at radius 3 is 2.48 bits per heavy atom. The Labute approximate surface area is 168 Å². The van der Waals surface area contributed by atoms with Gasteiger partial charge in [-0.2, -0.15) is 0 Å². The van der Waals surface area contributed by atoms with Crippen LogP contribution in [0.15, 0.2) is 79.0 Å². The summed E-state index contributed by atoms with van der Waals surface area (Å²) < 4.78 is 15.4. The van der Waals surface area contributed by atoms with Crippen molar-refractivity contribution in [2.75, 3.05) is 11.9 Å². The lowest BCUT2D eigenvalue weighted by molar-refractivity contribution is -0.112. The second-order valence-electron chi connectivity index (χ2n) is 7.30. The van der Waals surface area contributed by atoms with E-state index in [1.54, 1.807) is 24.1 Å². The van der Waals surface area contributed by atoms with E-state index in [-0.39, 0.29) is 11.7 Å². The normalized spacial score (nSPS) is 14.8. The Bertz CT molecular complexity index is 1270. The van der Waals surface area contributed by atoms with E-state index in [1.165, 1.54) is 12.1 Å². The topological polar surface area (TPSA) is 25.2 Å². The SMILES string of the molecule is CN1C(=O)C(=Cc2cn(Cc3ccc(F)cc3)c3ccccc23)c2ccccc21. The van der Waals surface area contributed by atoms with Gasteiger partial charge in [0.2, 0.25) is 0 Å². The van der Waals surface area contributed by atoms with Gasteiger partial charge in [0.05, 0.1) is 5.69 Å². The van der Waals surface area contributed by atoms with Crippen molar-refractivity contribution in [3.63, 3.8) is 0 Å². The largest absolute Gasteiger partial charge is 0.342 e. The molecular weight excluding hydrogens is 363 g/mol. The first kappa shape index (κ1) is 17.4. The molecule has 1 aromatic heterocycles. The first-order chi connectivity index (χ1) is 14.1. The quantitative estimate of drug-likeness (QED) is 0.439. The van der Waals surface area contributed by atoms with Crippen LogP contribution in [0.4, 0.5) is 10.1 Å². The van der Waals surface area contributed by atoms with Crippen LogP contribution >= 0.6 is 0 Å². The number of likely N-dealkylation sites (N-methyl/N-ethyl adjacent to an activating group) is 1. The van der Waals surface area contributed by atoms with Crippen LogP contribution < -0.4 is 4.90 Å². The Balaban J connectivity index is 1.62. The Morgan fingerprint density at radius 2 is 1.66 bits per heavy atom. The van der Waals surface area contributed by atoms with Crippen LogP contribution in [0.2, 0.25) is 0 Å². The second-order valence-corrected chi connectivity index (χ2v) is 7.30. The van der Waals surface area contributed by atoms with Gasteiger partial charge in [-0.15, -0.1) is 0 Å². The number of para-hydroxylation sites is 2. The summed E-state index contributed by atoms with van der Waals surface area (Å²) in [6.45, 7) is 0.633. The third-order valence-electron chi connectivity index (χ3n) is 5.48. The van der Waals surface area contributed by atoms with Gasteiger partial charge in [0, 0.05) is 47.4 Å². The number of carbonyl (C=O) groups excluding carboxylic acids is 1. The minimum absolute atomic E-state index is 0.00145. The van der Waals surface area contributed by atoms with E-state index < -0.39 is 0 Å². The number of aromatic nitrogens is 1. The van der Waals surface area contributed by atoms with Gasteiger partial charge in [-0.25, -0.2) is 4.39 Å². The number of benzene rings is 3. The van der Waals surface area contributed by atoms with E-state index in [1.807, 2.05) is 42.5 Å². The van der Waals surface area contributed by atoms with E-state index in [2.05, 4.69) is 22.9 Å². The van der Waals surface area contributed by atoms with E-state index in [0.29, 0.717) is 12.1 Å². The molecule has 142 valence electrons. The maximum Gasteiger partial charge on any atom is 0.258 e. The minimum atomic E-state index is -0.237. The number of amides is 1. The summed E-state index contributed by atoms with van der Waals surface area (Å²) in [5.74, 6) is -0.236. The summed E-state index contributed by atoms with van der Waals surface area (Å²) in [7, 11) is 1.81. The zero-order valence-electron chi connectivity index (χ0n) is 16.0. The van der Waals surface area contributed by atoms with Crippen LogP contribution in [0, 0.1) is 5.82 Å². The highest BCUT2D eigenvalue weighted by Crippen LogP contribution is 2.37. The molecule has 3 nitrogen and oxygen atoms in total. The highest BCUT2D eigenvalue weighted by atomic mass is 19.1. The lowest BCUT2D eigenvalue weighted by Gasteiger charge is -2.07. The lowest BCUT2D eigenvalue weighted by Crippen LogP contribution is -2.20. The number of hydrogen-bond acceptors (Lipinski definition) is 1. The molecule has 2 heterocycles. The minimum Gasteiger partial charge on any atom is -0.342 e. The van der Waals surface area contributed by atoms with Crippen molar-refractivity contribution in [2.24, 2.45) is 0 Å². The highest BCUT2D eigenvalue weighted by Gasteiger charge is 2.29. The molecule has 0 saturated carbocycles. The number of rotatable bonds is 3. The van der Waals surface area contributed by atoms with Gasteiger partial charge >= 0.3 is 0 Å². The molecule has 0 N–H and O–H groups in total. The fourth-order valence-electron chi connectivity index (χ4n) is 4.00. The number of halogens is 1. The van der Waals surface area contributed by atoms with Gasteiger partial charge in [-0.05, 0) is 35.9 Å². The molecule has 0 fully saturated rings. The van der Waals surface area contributed by atoms with Crippen molar-refractivity contribution < 1.29 is 9.18 Å². The predicted octanol–water partition coefficient (Wildman–Crippen LogP) is 5.35. The van der Waals surface area contributed by atoms with Crippen molar-refractivity contribution >= 4 is 34.1 Å². The molecule has 29 heavy (non-hydrogen) atoms. The molecule has 4 aromatic rings. The molecule has 3 aromatic carbocycles. The standard InChI is InChI=1S/C25H19FN2O/c1-27-23-8-4-3-7-21(23)22(25(27)29)14-18-16-28(24-9-5-2-6-20(18)24)15-17-10-12-19(26)13-11-17/h2-14,16H,15H2,1H3. The molecule has 4 heteroatoms. The van der Waals surface area contributed by atoms with Crippen LogP contribution in [-0.4, -0.2) is 17.5 Å². The predicted molar refractivity (Wildman–Crippen MR) is 115 cm³/mol. The fourth-order valence-corrected chi connectivity index (χ4v) is 4.00. The van der Waals surface area contributed by atoms with Gasteiger partial charge in [-0.3, -0.25) is 4.79 Å². The van der Waals surface area contributed by atoms with Crippen LogP contribution in [0.5, 0.6) is 0 Å². The molecule has 1 aliphatic heterocycles. The summed E-state index contributed by atoms with van der Waals surface area (Å²) in [6, 6.07) is 22.6. The molecule has 0 aliphatic carbocycles. The molecule has 0 atom stereocenters. The Hall–Kier alpha value is -3.66. The van der Waals surface area contributed by atoms with Crippen molar-refractivity contribution in [3.8, 4) is 0 Å². The molecule has 1 aliphatic rings. The van der Waals surface area contributed by atoms with Gasteiger partial charge < -0.3 is 9.47 Å². The maximum atomic E-state index is 13.2. The fraction of sp³-hybridized carbons (Fsp3) is 0.0800. The summed E-state index contributed by atoms with van der Waals surface area (Å²) in [5.41, 5.74) is 5.68. The molecule has 0 saturated heterocycles. The molecule has 5 rings (SSSR count). The number of hydrogen-bond donors (Lipinski definition) is 0. The molecule has 1 amide bonds. The van der Waals surface area contributed by atoms with Gasteiger partial charge in [-0.1, -0.05) is 48.5 Å². The molecular formula is C25H19FN2O. The average Bonchev–Trinajstić information content (AvgIpc) is 3.21. The van der Waals surface area contributed by atoms with Gasteiger partial charge in [0.15, 0.2) is 0 Å². The molecule has 0 spiro atoms. The van der Waals surface area contributed by atoms with Gasteiger partial charge in [0.25, 0.3) is 5.91 Å². The average molecular weight is 382 g/mol. The molecule has 0 radical (unpaired) electrons. The summed E-state index contributed by atoms with van der Waals surface area (Å²) in [5, 5.41) is 1.09. The second kappa shape index (κ2) is 6.74. The van der Waals surface area contributed by atoms with Crippen LogP contribution in [0.1, 0.15) is 16.7 Å². The Morgan fingerprint density at radius 1 is 0.931 bits per heavy atom. The van der Waals surface area contributed by atoms with E-state index in [0.717, 1.165) is 33.3 Å². The van der Waals surface area contributed by atoms with E-state index in [9.17, 15) is 9.18 Å². The zero-order chi connectivity index (χ0) is 20.0. The van der Waals surface area contributed by atoms with Crippen LogP contribution in [0.3, 0.4) is 0 Å². The number of carbonyl (C=O) groups is 1. The monoisotopic (exact) mass is 382 g/mol. The Kier molecular flexibility index (Phi) is 4.06. The zero-order valence-corrected chi connectivity index (χ0v) is 16.0. The smallest absolute Gasteiger partial charge is 0.258 e. The number of anilines is 1. The number of nitrogens with zero attached hydrogens (tertiary/aromatic N) is 2. The van der Waals surface area contributed by atoms with Crippen molar-refractivity contribution in [1.29, 1.82) is 0 Å². The maximum absolute atomic E-state index is 13.2. The summed E-state index contributed by atoms with van der Waals surface area (Å²) in [4.78, 5) is 14.5. The van der Waals surface area contributed by atoms with Gasteiger partial charge in [0.1, 0.15) is 5.82 Å². The third-order valence-corrected chi connectivity index (χ3v) is 5.48. The van der Waals surface area contributed by atoms with Crippen LogP contribution in [-0.2, 0) is 11.3 Å². The van der Waals surface area contributed by atoms with E-state index in [4.69, 9.17) is 0 Å². The summed E-state index contributed by atoms with van der Waals surface area (Å²) in [6.07, 6.45) is 4.05. The molecule has 0 unspecified atom stereocenters. The first-order valence-electron chi connectivity index (χ1n) is 9.53. The van der Waals surface area contributed by atoms with Crippen molar-refractivity contribution in [2.45, 2.75) is 6.54 Å². The highest BCUT2D eigenvalue weighted by molar-refractivity contribution is 6.36. The lowest BCUT2D eigenvalue weighted by atomic mass is 10.0. The third kappa shape index (κ3) is 2.93. The first-order valence-corrected chi connectivity index (χ1v) is 9.53. The van der Waals surface area contributed by atoms with E-state index >= 15 is 0 Å². The van der Waals surface area contributed by atoms with Crippen molar-refractivity contribution in [3.05, 3.63) is 102 Å². The number of fused-ring (bicyclic) bond motifs is 2.